The van der Waals surface area contributed by atoms with Gasteiger partial charge in [-0.3, -0.25) is 4.79 Å². The molecule has 7 heteroatoms. The molecule has 0 saturated heterocycles. The maximum absolute atomic E-state index is 12.5. The third-order valence-corrected chi connectivity index (χ3v) is 5.35. The SMILES string of the molecule is Cc1c(C(=O)O)sc2ncn(NCCC3=CCCCC3)c(=O)c12. The Morgan fingerprint density at radius 3 is 3.00 bits per heavy atom. The molecule has 1 aliphatic carbocycles. The van der Waals surface area contributed by atoms with Gasteiger partial charge >= 0.3 is 5.97 Å². The summed E-state index contributed by atoms with van der Waals surface area (Å²) in [5, 5.41) is 9.55. The van der Waals surface area contributed by atoms with Gasteiger partial charge in [0.15, 0.2) is 0 Å². The molecular formula is C16H19N3O3S. The van der Waals surface area contributed by atoms with E-state index in [4.69, 9.17) is 5.11 Å². The summed E-state index contributed by atoms with van der Waals surface area (Å²) in [5.41, 5.74) is 4.76. The summed E-state index contributed by atoms with van der Waals surface area (Å²) in [4.78, 5) is 28.6. The molecule has 0 atom stereocenters. The molecule has 0 bridgehead atoms. The molecule has 23 heavy (non-hydrogen) atoms. The first kappa shape index (κ1) is 15.7. The third-order valence-electron chi connectivity index (χ3n) is 4.16. The van der Waals surface area contributed by atoms with Crippen molar-refractivity contribution in [3.05, 3.63) is 38.8 Å². The van der Waals surface area contributed by atoms with Crippen LogP contribution in [0.1, 0.15) is 47.3 Å². The van der Waals surface area contributed by atoms with Crippen molar-refractivity contribution in [1.29, 1.82) is 0 Å². The normalized spacial score (nSPS) is 14.7. The molecule has 0 saturated carbocycles. The van der Waals surface area contributed by atoms with Gasteiger partial charge in [-0.05, 0) is 44.6 Å². The first-order valence-corrected chi connectivity index (χ1v) is 8.55. The van der Waals surface area contributed by atoms with E-state index >= 15 is 0 Å². The molecule has 0 unspecified atom stereocenters. The lowest BCUT2D eigenvalue weighted by Gasteiger charge is -2.14. The van der Waals surface area contributed by atoms with E-state index in [2.05, 4.69) is 16.5 Å². The van der Waals surface area contributed by atoms with E-state index in [1.807, 2.05) is 0 Å². The lowest BCUT2D eigenvalue weighted by molar-refractivity contribution is 0.0701. The molecule has 0 aromatic carbocycles. The Balaban J connectivity index is 1.80. The zero-order valence-corrected chi connectivity index (χ0v) is 13.8. The number of carboxylic acids is 1. The Labute approximate surface area is 137 Å². The van der Waals surface area contributed by atoms with Crippen LogP contribution in [0.5, 0.6) is 0 Å². The van der Waals surface area contributed by atoms with Crippen molar-refractivity contribution in [2.24, 2.45) is 0 Å². The second-order valence-electron chi connectivity index (χ2n) is 5.73. The molecule has 2 heterocycles. The molecule has 2 aromatic heterocycles. The summed E-state index contributed by atoms with van der Waals surface area (Å²) in [6.07, 6.45) is 9.42. The largest absolute Gasteiger partial charge is 0.477 e. The van der Waals surface area contributed by atoms with Gasteiger partial charge in [-0.1, -0.05) is 11.6 Å². The quantitative estimate of drug-likeness (QED) is 0.822. The standard InChI is InChI=1S/C16H19N3O3S/c1-10-12-14(23-13(10)16(21)22)17-9-19(15(12)20)18-8-7-11-5-3-2-4-6-11/h5,9,18H,2-4,6-8H2,1H3,(H,21,22). The predicted molar refractivity (Wildman–Crippen MR) is 91.0 cm³/mol. The lowest BCUT2D eigenvalue weighted by atomic mass is 9.97. The fourth-order valence-corrected chi connectivity index (χ4v) is 3.89. The van der Waals surface area contributed by atoms with Crippen molar-refractivity contribution in [1.82, 2.24) is 9.66 Å². The van der Waals surface area contributed by atoms with Crippen LogP contribution in [0.3, 0.4) is 0 Å². The number of thiophene rings is 1. The maximum Gasteiger partial charge on any atom is 0.346 e. The summed E-state index contributed by atoms with van der Waals surface area (Å²) in [7, 11) is 0. The van der Waals surface area contributed by atoms with Crippen LogP contribution in [-0.4, -0.2) is 27.3 Å². The first-order chi connectivity index (χ1) is 11.1. The fourth-order valence-electron chi connectivity index (χ4n) is 2.91. The molecule has 6 nitrogen and oxygen atoms in total. The van der Waals surface area contributed by atoms with Gasteiger partial charge in [0, 0.05) is 6.54 Å². The topological polar surface area (TPSA) is 84.2 Å². The molecule has 3 rings (SSSR count). The van der Waals surface area contributed by atoms with E-state index < -0.39 is 5.97 Å². The minimum atomic E-state index is -1.02. The second-order valence-corrected chi connectivity index (χ2v) is 6.73. The van der Waals surface area contributed by atoms with Crippen molar-refractivity contribution in [3.8, 4) is 0 Å². The summed E-state index contributed by atoms with van der Waals surface area (Å²) in [6, 6.07) is 0. The van der Waals surface area contributed by atoms with Crippen LogP contribution in [0.15, 0.2) is 22.8 Å². The minimum absolute atomic E-state index is 0.176. The molecule has 0 fully saturated rings. The highest BCUT2D eigenvalue weighted by Gasteiger charge is 2.18. The van der Waals surface area contributed by atoms with E-state index in [-0.39, 0.29) is 10.4 Å². The molecule has 2 aromatic rings. The molecule has 0 spiro atoms. The monoisotopic (exact) mass is 333 g/mol. The number of nitrogens with zero attached hydrogens (tertiary/aromatic N) is 2. The highest BCUT2D eigenvalue weighted by Crippen LogP contribution is 2.26. The summed E-state index contributed by atoms with van der Waals surface area (Å²) in [5.74, 6) is -1.02. The Bertz CT molecular complexity index is 835. The lowest BCUT2D eigenvalue weighted by Crippen LogP contribution is -2.30. The van der Waals surface area contributed by atoms with Crippen LogP contribution in [0.2, 0.25) is 0 Å². The van der Waals surface area contributed by atoms with Crippen molar-refractivity contribution >= 4 is 27.5 Å². The highest BCUT2D eigenvalue weighted by atomic mass is 32.1. The second kappa shape index (κ2) is 6.54. The van der Waals surface area contributed by atoms with E-state index in [9.17, 15) is 9.59 Å². The number of rotatable bonds is 5. The maximum atomic E-state index is 12.5. The summed E-state index contributed by atoms with van der Waals surface area (Å²) in [6.45, 7) is 2.32. The van der Waals surface area contributed by atoms with Gasteiger partial charge in [-0.2, -0.15) is 0 Å². The number of allylic oxidation sites excluding steroid dienone is 1. The van der Waals surface area contributed by atoms with Crippen molar-refractivity contribution in [3.63, 3.8) is 0 Å². The van der Waals surface area contributed by atoms with Crippen LogP contribution in [-0.2, 0) is 0 Å². The number of hydrogen-bond donors (Lipinski definition) is 2. The number of hydrogen-bond acceptors (Lipinski definition) is 5. The van der Waals surface area contributed by atoms with Crippen LogP contribution in [0.25, 0.3) is 10.2 Å². The minimum Gasteiger partial charge on any atom is -0.477 e. The number of nitrogens with one attached hydrogen (secondary N) is 1. The summed E-state index contributed by atoms with van der Waals surface area (Å²) < 4.78 is 1.36. The van der Waals surface area contributed by atoms with E-state index in [1.54, 1.807) is 6.92 Å². The van der Waals surface area contributed by atoms with Crippen molar-refractivity contribution in [2.75, 3.05) is 12.0 Å². The Hall–Kier alpha value is -2.15. The van der Waals surface area contributed by atoms with Gasteiger partial charge in [-0.15, -0.1) is 11.3 Å². The average Bonchev–Trinajstić information content (AvgIpc) is 2.88. The number of carbonyl (C=O) groups is 1. The number of aryl methyl sites for hydroxylation is 1. The number of aromatic nitrogens is 2. The molecule has 2 N–H and O–H groups in total. The van der Waals surface area contributed by atoms with Crippen LogP contribution >= 0.6 is 11.3 Å². The molecule has 0 amide bonds. The Morgan fingerprint density at radius 2 is 2.30 bits per heavy atom. The predicted octanol–water partition coefficient (Wildman–Crippen LogP) is 2.90. The van der Waals surface area contributed by atoms with Crippen LogP contribution < -0.4 is 11.0 Å². The first-order valence-electron chi connectivity index (χ1n) is 7.73. The molecule has 1 aliphatic rings. The van der Waals surface area contributed by atoms with Gasteiger partial charge in [0.05, 0.1) is 5.39 Å². The van der Waals surface area contributed by atoms with Gasteiger partial charge < -0.3 is 10.5 Å². The molecule has 0 aliphatic heterocycles. The summed E-state index contributed by atoms with van der Waals surface area (Å²) >= 11 is 1.04. The van der Waals surface area contributed by atoms with Gasteiger partial charge in [0.1, 0.15) is 16.0 Å². The van der Waals surface area contributed by atoms with E-state index in [1.165, 1.54) is 29.4 Å². The van der Waals surface area contributed by atoms with E-state index in [0.29, 0.717) is 22.3 Å². The van der Waals surface area contributed by atoms with Crippen LogP contribution in [0, 0.1) is 6.92 Å². The zero-order valence-electron chi connectivity index (χ0n) is 13.0. The highest BCUT2D eigenvalue weighted by molar-refractivity contribution is 7.20. The van der Waals surface area contributed by atoms with Gasteiger partial charge in [0.2, 0.25) is 0 Å². The average molecular weight is 333 g/mol. The number of fused-ring (bicyclic) bond motifs is 1. The molecule has 122 valence electrons. The smallest absolute Gasteiger partial charge is 0.346 e. The van der Waals surface area contributed by atoms with Gasteiger partial charge in [-0.25, -0.2) is 14.5 Å². The number of carboxylic acid groups (broad SMARTS) is 1. The fraction of sp³-hybridized carbons (Fsp3) is 0.438. The number of aromatic carboxylic acids is 1. The third kappa shape index (κ3) is 3.14. The van der Waals surface area contributed by atoms with Gasteiger partial charge in [0.25, 0.3) is 5.56 Å². The van der Waals surface area contributed by atoms with Crippen molar-refractivity contribution < 1.29 is 9.90 Å². The van der Waals surface area contributed by atoms with E-state index in [0.717, 1.165) is 30.6 Å². The molecule has 0 radical (unpaired) electrons. The molecular weight excluding hydrogens is 314 g/mol. The Morgan fingerprint density at radius 1 is 1.48 bits per heavy atom. The van der Waals surface area contributed by atoms with Crippen LogP contribution in [0.4, 0.5) is 0 Å². The van der Waals surface area contributed by atoms with Crippen molar-refractivity contribution in [2.45, 2.75) is 39.0 Å². The zero-order chi connectivity index (χ0) is 16.4. The Kier molecular flexibility index (Phi) is 4.47.